The molecule has 0 unspecified atom stereocenters. The molecule has 3 aromatic heterocycles. The van der Waals surface area contributed by atoms with Gasteiger partial charge in [-0.05, 0) is 12.1 Å². The largest absolute Gasteiger partial charge is 0.379 e. The molecule has 0 spiro atoms. The summed E-state index contributed by atoms with van der Waals surface area (Å²) in [5.41, 5.74) is 3.97. The Morgan fingerprint density at radius 1 is 1.12 bits per heavy atom. The summed E-state index contributed by atoms with van der Waals surface area (Å²) < 4.78 is 7.40. The number of thiazole rings is 1. The molecule has 1 aromatic carbocycles. The van der Waals surface area contributed by atoms with Crippen molar-refractivity contribution in [3.8, 4) is 11.3 Å². The highest BCUT2D eigenvalue weighted by molar-refractivity contribution is 7.15. The zero-order chi connectivity index (χ0) is 21.5. The van der Waals surface area contributed by atoms with Crippen molar-refractivity contribution >= 4 is 40.1 Å². The monoisotopic (exact) mass is 445 g/mol. The molecule has 6 rings (SSSR count). The van der Waals surface area contributed by atoms with Crippen LogP contribution in [0.4, 0.5) is 10.9 Å². The quantitative estimate of drug-likeness (QED) is 0.504. The van der Waals surface area contributed by atoms with Crippen LogP contribution in [0.5, 0.6) is 0 Å². The molecule has 9 nitrogen and oxygen atoms in total. The van der Waals surface area contributed by atoms with Crippen molar-refractivity contribution in [3.05, 3.63) is 59.0 Å². The van der Waals surface area contributed by atoms with Gasteiger partial charge in [0.2, 0.25) is 0 Å². The molecule has 10 heteroatoms. The lowest BCUT2D eigenvalue weighted by atomic mass is 10.0. The van der Waals surface area contributed by atoms with E-state index in [1.807, 2.05) is 28.9 Å². The number of rotatable bonds is 5. The number of fused-ring (bicyclic) bond motifs is 2. The summed E-state index contributed by atoms with van der Waals surface area (Å²) >= 11 is 1.62. The van der Waals surface area contributed by atoms with Crippen molar-refractivity contribution < 1.29 is 9.53 Å². The summed E-state index contributed by atoms with van der Waals surface area (Å²) in [5, 5.41) is 4.10. The topological polar surface area (TPSA) is 97.0 Å². The first kappa shape index (κ1) is 19.2. The van der Waals surface area contributed by atoms with Gasteiger partial charge in [-0.15, -0.1) is 11.3 Å². The van der Waals surface area contributed by atoms with Gasteiger partial charge < -0.3 is 10.1 Å². The molecule has 4 aromatic rings. The van der Waals surface area contributed by atoms with Gasteiger partial charge in [0, 0.05) is 60.4 Å². The number of anilines is 2. The summed E-state index contributed by atoms with van der Waals surface area (Å²) in [6.45, 7) is 4.33. The Hall–Kier alpha value is -3.47. The normalized spacial score (nSPS) is 16.1. The van der Waals surface area contributed by atoms with Gasteiger partial charge in [-0.3, -0.25) is 14.1 Å². The smallest absolute Gasteiger partial charge is 0.277 e. The number of carbonyl (C=O) groups is 1. The van der Waals surface area contributed by atoms with Crippen LogP contribution in [-0.2, 0) is 11.3 Å². The molecule has 1 amide bonds. The van der Waals surface area contributed by atoms with E-state index in [-0.39, 0.29) is 5.91 Å². The van der Waals surface area contributed by atoms with Crippen LogP contribution >= 0.6 is 11.3 Å². The van der Waals surface area contributed by atoms with Gasteiger partial charge in [0.1, 0.15) is 0 Å². The molecule has 2 aliphatic rings. The standard InChI is InChI=1S/C22H19N7O2S/c30-21-17-2-1-14(9-15(17)10-25-21)18-12-24-19(20-23-3-4-29(18)20)27-22-26-11-16(32-22)13-28-5-7-31-8-6-28/h1-4,9-12H,5-8,13H2,(H,24,26,27). The van der Waals surface area contributed by atoms with Crippen molar-refractivity contribution in [1.82, 2.24) is 24.3 Å². The molecule has 1 N–H and O–H groups in total. The third kappa shape index (κ3) is 3.48. The van der Waals surface area contributed by atoms with Gasteiger partial charge >= 0.3 is 0 Å². The van der Waals surface area contributed by atoms with Crippen LogP contribution in [-0.4, -0.2) is 62.7 Å². The lowest BCUT2D eigenvalue weighted by Crippen LogP contribution is -2.35. The van der Waals surface area contributed by atoms with E-state index in [4.69, 9.17) is 4.74 Å². The van der Waals surface area contributed by atoms with E-state index in [2.05, 4.69) is 30.2 Å². The number of benzene rings is 1. The van der Waals surface area contributed by atoms with Gasteiger partial charge in [-0.25, -0.2) is 19.9 Å². The van der Waals surface area contributed by atoms with Gasteiger partial charge in [0.25, 0.3) is 5.91 Å². The van der Waals surface area contributed by atoms with Crippen LogP contribution in [0.25, 0.3) is 16.9 Å². The second-order valence-corrected chi connectivity index (χ2v) is 8.74. The Morgan fingerprint density at radius 3 is 2.94 bits per heavy atom. The maximum absolute atomic E-state index is 11.8. The minimum absolute atomic E-state index is 0.201. The van der Waals surface area contributed by atoms with Crippen molar-refractivity contribution in [1.29, 1.82) is 0 Å². The minimum atomic E-state index is -0.201. The molecule has 1 fully saturated rings. The fourth-order valence-corrected chi connectivity index (χ4v) is 4.82. The third-order valence-corrected chi connectivity index (χ3v) is 6.49. The number of aromatic nitrogens is 4. The van der Waals surface area contributed by atoms with Crippen molar-refractivity contribution in [2.75, 3.05) is 31.6 Å². The lowest BCUT2D eigenvalue weighted by Gasteiger charge is -2.25. The average molecular weight is 446 g/mol. The van der Waals surface area contributed by atoms with Crippen LogP contribution in [0, 0.1) is 0 Å². The number of carbonyl (C=O) groups excluding carboxylic acids is 1. The van der Waals surface area contributed by atoms with E-state index in [0.717, 1.165) is 54.8 Å². The van der Waals surface area contributed by atoms with Crippen LogP contribution in [0.1, 0.15) is 20.8 Å². The van der Waals surface area contributed by atoms with Crippen LogP contribution in [0.3, 0.4) is 0 Å². The highest BCUT2D eigenvalue weighted by atomic mass is 32.1. The summed E-state index contributed by atoms with van der Waals surface area (Å²) in [4.78, 5) is 32.8. The first-order valence-corrected chi connectivity index (χ1v) is 11.1. The van der Waals surface area contributed by atoms with E-state index in [9.17, 15) is 4.79 Å². The number of aliphatic imine (C=N–C) groups is 1. The molecule has 32 heavy (non-hydrogen) atoms. The molecule has 0 atom stereocenters. The Kier molecular flexibility index (Phi) is 4.75. The van der Waals surface area contributed by atoms with Crippen molar-refractivity contribution in [2.24, 2.45) is 4.99 Å². The van der Waals surface area contributed by atoms with Gasteiger partial charge in [0.05, 0.1) is 30.7 Å². The predicted octanol–water partition coefficient (Wildman–Crippen LogP) is 3.00. The summed E-state index contributed by atoms with van der Waals surface area (Å²) in [7, 11) is 0. The molecule has 0 saturated carbocycles. The molecule has 0 aliphatic carbocycles. The first-order valence-electron chi connectivity index (χ1n) is 10.3. The average Bonchev–Trinajstić information content (AvgIpc) is 3.56. The number of nitrogens with one attached hydrogen (secondary N) is 1. The number of ether oxygens (including phenoxy) is 1. The van der Waals surface area contributed by atoms with E-state index < -0.39 is 0 Å². The molecule has 2 aliphatic heterocycles. The molecule has 1 saturated heterocycles. The van der Waals surface area contributed by atoms with Crippen LogP contribution < -0.4 is 5.32 Å². The second kappa shape index (κ2) is 7.90. The zero-order valence-electron chi connectivity index (χ0n) is 17.1. The minimum Gasteiger partial charge on any atom is -0.379 e. The number of nitrogens with zero attached hydrogens (tertiary/aromatic N) is 6. The molecule has 0 bridgehead atoms. The molecule has 160 valence electrons. The Morgan fingerprint density at radius 2 is 2.03 bits per heavy atom. The van der Waals surface area contributed by atoms with E-state index >= 15 is 0 Å². The number of imidazole rings is 1. The SMILES string of the molecule is O=C1N=Cc2cc(-c3cnc(Nc4ncc(CN5CCOCC5)s4)c4nccn34)ccc21. The highest BCUT2D eigenvalue weighted by Crippen LogP contribution is 2.29. The first-order chi connectivity index (χ1) is 15.7. The number of hydrogen-bond acceptors (Lipinski definition) is 8. The van der Waals surface area contributed by atoms with E-state index in [1.54, 1.807) is 36.0 Å². The summed E-state index contributed by atoms with van der Waals surface area (Å²) in [5.74, 6) is 0.442. The molecular weight excluding hydrogens is 426 g/mol. The Balaban J connectivity index is 1.27. The zero-order valence-corrected chi connectivity index (χ0v) is 17.9. The summed E-state index contributed by atoms with van der Waals surface area (Å²) in [6.07, 6.45) is 8.96. The van der Waals surface area contributed by atoms with Gasteiger partial charge in [0.15, 0.2) is 16.6 Å². The maximum Gasteiger partial charge on any atom is 0.277 e. The van der Waals surface area contributed by atoms with Crippen molar-refractivity contribution in [3.63, 3.8) is 0 Å². The number of morpholine rings is 1. The molecule has 5 heterocycles. The van der Waals surface area contributed by atoms with Crippen LogP contribution in [0.2, 0.25) is 0 Å². The number of amides is 1. The van der Waals surface area contributed by atoms with Crippen molar-refractivity contribution in [2.45, 2.75) is 6.54 Å². The second-order valence-electron chi connectivity index (χ2n) is 7.62. The van der Waals surface area contributed by atoms with Gasteiger partial charge in [-0.2, -0.15) is 0 Å². The van der Waals surface area contributed by atoms with E-state index in [0.29, 0.717) is 17.0 Å². The maximum atomic E-state index is 11.8. The highest BCUT2D eigenvalue weighted by Gasteiger charge is 2.18. The van der Waals surface area contributed by atoms with Crippen LogP contribution in [0.15, 0.2) is 48.0 Å². The predicted molar refractivity (Wildman–Crippen MR) is 122 cm³/mol. The fourth-order valence-electron chi connectivity index (χ4n) is 3.96. The lowest BCUT2D eigenvalue weighted by molar-refractivity contribution is 0.0346. The Labute approximate surface area is 187 Å². The van der Waals surface area contributed by atoms with E-state index in [1.165, 1.54) is 4.88 Å². The third-order valence-electron chi connectivity index (χ3n) is 5.59. The molecular formula is C22H19N7O2S. The number of hydrogen-bond donors (Lipinski definition) is 1. The van der Waals surface area contributed by atoms with Gasteiger partial charge in [-0.1, -0.05) is 6.07 Å². The molecule has 0 radical (unpaired) electrons. The fraction of sp³-hybridized carbons (Fsp3) is 0.227. The summed E-state index contributed by atoms with van der Waals surface area (Å²) in [6, 6.07) is 5.67. The Bertz CT molecular complexity index is 1350.